The predicted molar refractivity (Wildman–Crippen MR) is 130 cm³/mol. The summed E-state index contributed by atoms with van der Waals surface area (Å²) in [6.45, 7) is 8.15. The van der Waals surface area contributed by atoms with Gasteiger partial charge in [-0.25, -0.2) is 8.78 Å². The molecule has 9 atom stereocenters. The second-order valence-electron chi connectivity index (χ2n) is 11.2. The van der Waals surface area contributed by atoms with Crippen LogP contribution in [0.1, 0.15) is 66.7 Å². The third-order valence-electron chi connectivity index (χ3n) is 9.53. The molecule has 6 nitrogen and oxygen atoms in total. The Hall–Kier alpha value is -1.87. The molecule has 0 aliphatic heterocycles. The molecule has 0 amide bonds. The third kappa shape index (κ3) is 3.37. The summed E-state index contributed by atoms with van der Waals surface area (Å²) < 4.78 is 38.9. The van der Waals surface area contributed by atoms with Crippen LogP contribution in [0, 0.1) is 28.6 Å². The largest absolute Gasteiger partial charge is 0.449 e. The zero-order chi connectivity index (χ0) is 26.8. The summed E-state index contributed by atoms with van der Waals surface area (Å²) >= 11 is 0.492. The number of thioether (sulfide) groups is 1. The minimum atomic E-state index is -2.30. The Bertz CT molecular complexity index is 1070. The number of hydrogen-bond donors (Lipinski definition) is 1. The van der Waals surface area contributed by atoms with Crippen LogP contribution < -0.4 is 0 Å². The lowest BCUT2D eigenvalue weighted by Gasteiger charge is -2.63. The molecule has 0 radical (unpaired) electrons. The van der Waals surface area contributed by atoms with E-state index in [9.17, 15) is 24.3 Å². The molecule has 3 fully saturated rings. The van der Waals surface area contributed by atoms with E-state index in [1.165, 1.54) is 19.1 Å². The molecule has 0 spiro atoms. The number of ether oxygens (including phenoxy) is 1. The molecule has 0 saturated heterocycles. The number of aliphatic hydroxyl groups excluding tert-OH is 1. The minimum absolute atomic E-state index is 0.00841. The molecular weight excluding hydrogens is 490 g/mol. The molecule has 0 aromatic heterocycles. The Labute approximate surface area is 214 Å². The number of allylic oxidation sites excluding steroid dienone is 4. The molecule has 36 heavy (non-hydrogen) atoms. The number of carbonyl (C=O) groups is 4. The molecule has 3 saturated carbocycles. The first-order chi connectivity index (χ1) is 16.7. The number of esters is 1. The fraction of sp³-hybridized carbons (Fsp3) is 0.704. The first kappa shape index (κ1) is 27.2. The number of carbonyl (C=O) groups excluding carboxylic acids is 4. The van der Waals surface area contributed by atoms with E-state index < -0.39 is 69.0 Å². The van der Waals surface area contributed by atoms with Gasteiger partial charge in [-0.1, -0.05) is 33.8 Å². The van der Waals surface area contributed by atoms with Gasteiger partial charge in [0.25, 0.3) is 0 Å². The summed E-state index contributed by atoms with van der Waals surface area (Å²) in [6, 6.07) is 0. The van der Waals surface area contributed by atoms with E-state index >= 15 is 8.78 Å². The Kier molecular flexibility index (Phi) is 6.69. The Morgan fingerprint density at radius 2 is 1.83 bits per heavy atom. The van der Waals surface area contributed by atoms with Gasteiger partial charge < -0.3 is 9.84 Å². The molecule has 1 N–H and O–H groups in total. The van der Waals surface area contributed by atoms with E-state index in [4.69, 9.17) is 4.74 Å². The summed E-state index contributed by atoms with van der Waals surface area (Å²) in [5, 5.41) is 10.5. The van der Waals surface area contributed by atoms with Gasteiger partial charge in [0.2, 0.25) is 5.12 Å². The van der Waals surface area contributed by atoms with Gasteiger partial charge >= 0.3 is 5.97 Å². The quantitative estimate of drug-likeness (QED) is 0.543. The first-order valence-electron chi connectivity index (χ1n) is 12.7. The highest BCUT2D eigenvalue weighted by atomic mass is 32.2. The number of hydrogen-bond acceptors (Lipinski definition) is 7. The molecule has 0 aromatic rings. The molecule has 2 unspecified atom stereocenters. The summed E-state index contributed by atoms with van der Waals surface area (Å²) in [5.41, 5.74) is -6.84. The third-order valence-corrected chi connectivity index (χ3v) is 10.5. The van der Waals surface area contributed by atoms with E-state index in [2.05, 4.69) is 0 Å². The fourth-order valence-corrected chi connectivity index (χ4v) is 8.70. The summed E-state index contributed by atoms with van der Waals surface area (Å²) in [6.07, 6.45) is 0.318. The van der Waals surface area contributed by atoms with Crippen molar-refractivity contribution in [3.8, 4) is 0 Å². The predicted octanol–water partition coefficient (Wildman–Crippen LogP) is 4.44. The first-order valence-corrected chi connectivity index (χ1v) is 13.5. The maximum atomic E-state index is 17.3. The Morgan fingerprint density at radius 3 is 2.44 bits per heavy atom. The van der Waals surface area contributed by atoms with Crippen molar-refractivity contribution < 1.29 is 37.8 Å². The average molecular weight is 525 g/mol. The Morgan fingerprint density at radius 1 is 1.17 bits per heavy atom. The van der Waals surface area contributed by atoms with Gasteiger partial charge in [0.1, 0.15) is 6.17 Å². The lowest BCUT2D eigenvalue weighted by Crippen LogP contribution is -2.70. The minimum Gasteiger partial charge on any atom is -0.449 e. The van der Waals surface area contributed by atoms with Crippen LogP contribution in [0.4, 0.5) is 8.78 Å². The normalized spacial score (nSPS) is 45.3. The van der Waals surface area contributed by atoms with E-state index in [-0.39, 0.29) is 42.8 Å². The zero-order valence-electron chi connectivity index (χ0n) is 21.3. The zero-order valence-corrected chi connectivity index (χ0v) is 22.1. The summed E-state index contributed by atoms with van der Waals surface area (Å²) in [7, 11) is 0. The van der Waals surface area contributed by atoms with Crippen molar-refractivity contribution in [2.75, 3.05) is 0 Å². The molecule has 4 rings (SSSR count). The van der Waals surface area contributed by atoms with E-state index in [0.717, 1.165) is 6.08 Å². The summed E-state index contributed by atoms with van der Waals surface area (Å²) in [5.74, 6) is -3.27. The fourth-order valence-electron chi connectivity index (χ4n) is 7.72. The van der Waals surface area contributed by atoms with Crippen LogP contribution in [0.15, 0.2) is 23.8 Å². The van der Waals surface area contributed by atoms with Gasteiger partial charge in [-0.3, -0.25) is 19.2 Å². The van der Waals surface area contributed by atoms with Crippen LogP contribution >= 0.6 is 11.8 Å². The van der Waals surface area contributed by atoms with Crippen LogP contribution in [0.2, 0.25) is 0 Å². The molecule has 0 heterocycles. The van der Waals surface area contributed by atoms with Crippen molar-refractivity contribution in [1.82, 2.24) is 0 Å². The molecule has 0 bridgehead atoms. The topological polar surface area (TPSA) is 97.7 Å². The smallest absolute Gasteiger partial charge is 0.306 e. The van der Waals surface area contributed by atoms with Crippen LogP contribution in [0.25, 0.3) is 0 Å². The monoisotopic (exact) mass is 524 g/mol. The molecule has 4 aliphatic rings. The van der Waals surface area contributed by atoms with Crippen molar-refractivity contribution in [3.05, 3.63) is 23.8 Å². The van der Waals surface area contributed by atoms with E-state index in [0.29, 0.717) is 11.8 Å². The van der Waals surface area contributed by atoms with Crippen molar-refractivity contribution >= 4 is 33.7 Å². The molecular formula is C27H34F2O6S. The van der Waals surface area contributed by atoms with Gasteiger partial charge in [0.15, 0.2) is 22.2 Å². The number of rotatable bonds is 4. The highest BCUT2D eigenvalue weighted by Gasteiger charge is 2.78. The maximum absolute atomic E-state index is 17.3. The number of aliphatic hydroxyl groups is 1. The molecule has 9 heteroatoms. The van der Waals surface area contributed by atoms with Crippen LogP contribution in [-0.2, 0) is 23.9 Å². The van der Waals surface area contributed by atoms with Crippen LogP contribution in [0.3, 0.4) is 0 Å². The second-order valence-corrected chi connectivity index (χ2v) is 12.2. The molecule has 198 valence electrons. The standard InChI is InChI=1S/C27H34F2O6S/c1-6-21(32)35-27(23(34)36-22(33)7-2)14(3)10-16-17-12-19(28)18-11-15(30)8-9-24(18,4)26(17,29)20(31)13-25(16,27)5/h8-9,11,14,16-17,19-20,31H,6-7,10,12-13H2,1-5H3/t14-,16?,17?,19+,20+,24+,25+,26+,27+/m1/s1. The summed E-state index contributed by atoms with van der Waals surface area (Å²) in [4.78, 5) is 50.6. The number of fused-ring (bicyclic) bond motifs is 5. The lowest BCUT2D eigenvalue weighted by molar-refractivity contribution is -0.228. The van der Waals surface area contributed by atoms with Gasteiger partial charge in [-0.15, -0.1) is 0 Å². The van der Waals surface area contributed by atoms with Crippen LogP contribution in [-0.4, -0.2) is 50.6 Å². The highest BCUT2D eigenvalue weighted by Crippen LogP contribution is 2.72. The Balaban J connectivity index is 1.87. The highest BCUT2D eigenvalue weighted by molar-refractivity contribution is 8.26. The molecule has 4 aliphatic carbocycles. The van der Waals surface area contributed by atoms with Crippen molar-refractivity contribution in [2.45, 2.75) is 90.3 Å². The van der Waals surface area contributed by atoms with E-state index in [1.807, 2.05) is 0 Å². The SMILES string of the molecule is CCC(=O)O[C@]1(C(=O)SC(=O)CC)[C@H](C)CC2C3C[C@H](F)C4=CC(=O)C=C[C@]4(C)[C@@]3(F)[C@@H](O)C[C@@]21C. The second kappa shape index (κ2) is 8.86. The van der Waals surface area contributed by atoms with Gasteiger partial charge in [-0.2, -0.15) is 0 Å². The average Bonchev–Trinajstić information content (AvgIpc) is 3.04. The van der Waals surface area contributed by atoms with Crippen LogP contribution in [0.5, 0.6) is 0 Å². The number of halogens is 2. The van der Waals surface area contributed by atoms with Crippen molar-refractivity contribution in [1.29, 1.82) is 0 Å². The number of ketones is 1. The number of alkyl halides is 2. The maximum Gasteiger partial charge on any atom is 0.306 e. The van der Waals surface area contributed by atoms with Gasteiger partial charge in [0, 0.05) is 35.5 Å². The van der Waals surface area contributed by atoms with E-state index in [1.54, 1.807) is 27.7 Å². The van der Waals surface area contributed by atoms with Gasteiger partial charge in [-0.05, 0) is 61.6 Å². The molecule has 0 aromatic carbocycles. The van der Waals surface area contributed by atoms with Gasteiger partial charge in [0.05, 0.1) is 6.10 Å². The van der Waals surface area contributed by atoms with Crippen molar-refractivity contribution in [2.24, 2.45) is 28.6 Å². The van der Waals surface area contributed by atoms with Crippen molar-refractivity contribution in [3.63, 3.8) is 0 Å². The lowest BCUT2D eigenvalue weighted by atomic mass is 9.44.